The minimum absolute atomic E-state index is 0.0648. The van der Waals surface area contributed by atoms with Crippen molar-refractivity contribution in [3.63, 3.8) is 0 Å². The number of carbonyl (C=O) groups excluding carboxylic acids is 1. The van der Waals surface area contributed by atoms with Crippen LogP contribution >= 0.6 is 11.6 Å². The number of rotatable bonds is 4. The van der Waals surface area contributed by atoms with Crippen LogP contribution < -0.4 is 15.0 Å². The van der Waals surface area contributed by atoms with E-state index >= 15 is 0 Å². The van der Waals surface area contributed by atoms with Gasteiger partial charge in [0.05, 0.1) is 12.8 Å². The van der Waals surface area contributed by atoms with E-state index in [1.54, 1.807) is 7.11 Å². The van der Waals surface area contributed by atoms with Gasteiger partial charge in [0.25, 0.3) is 0 Å². The quantitative estimate of drug-likeness (QED) is 0.817. The first-order valence-corrected chi connectivity index (χ1v) is 9.60. The molecule has 27 heavy (non-hydrogen) atoms. The van der Waals surface area contributed by atoms with Crippen LogP contribution in [0.25, 0.3) is 0 Å². The molecule has 6 heteroatoms. The smallest absolute Gasteiger partial charge is 0.321 e. The first-order valence-electron chi connectivity index (χ1n) is 9.22. The highest BCUT2D eigenvalue weighted by molar-refractivity contribution is 6.30. The third-order valence-corrected chi connectivity index (χ3v) is 5.11. The number of urea groups is 1. The number of hydrogen-bond acceptors (Lipinski definition) is 3. The molecule has 1 fully saturated rings. The van der Waals surface area contributed by atoms with Gasteiger partial charge in [-0.25, -0.2) is 4.79 Å². The Labute approximate surface area is 165 Å². The molecule has 5 nitrogen and oxygen atoms in total. The topological polar surface area (TPSA) is 44.8 Å². The highest BCUT2D eigenvalue weighted by Gasteiger charge is 2.23. The van der Waals surface area contributed by atoms with Crippen molar-refractivity contribution >= 4 is 29.0 Å². The molecular weight excluding hydrogens is 362 g/mol. The van der Waals surface area contributed by atoms with Crippen LogP contribution in [0.3, 0.4) is 0 Å². The molecule has 0 radical (unpaired) electrons. The Morgan fingerprint density at radius 2 is 1.74 bits per heavy atom. The first-order chi connectivity index (χ1) is 13.0. The second kappa shape index (κ2) is 8.53. The fraction of sp³-hybridized carbons (Fsp3) is 0.381. The van der Waals surface area contributed by atoms with Crippen LogP contribution in [-0.2, 0) is 0 Å². The molecule has 1 aliphatic rings. The molecule has 1 aliphatic heterocycles. The van der Waals surface area contributed by atoms with Crippen LogP contribution in [0.4, 0.5) is 16.2 Å². The Morgan fingerprint density at radius 1 is 1.07 bits per heavy atom. The van der Waals surface area contributed by atoms with Gasteiger partial charge in [0.1, 0.15) is 5.75 Å². The first kappa shape index (κ1) is 19.4. The predicted molar refractivity (Wildman–Crippen MR) is 111 cm³/mol. The third-order valence-electron chi connectivity index (χ3n) is 4.88. The lowest BCUT2D eigenvalue weighted by molar-refractivity contribution is 0.208. The summed E-state index contributed by atoms with van der Waals surface area (Å²) < 4.78 is 5.44. The van der Waals surface area contributed by atoms with Crippen molar-refractivity contribution in [2.45, 2.75) is 19.8 Å². The van der Waals surface area contributed by atoms with Crippen molar-refractivity contribution in [2.24, 2.45) is 0 Å². The van der Waals surface area contributed by atoms with E-state index in [4.69, 9.17) is 16.3 Å². The number of carbonyl (C=O) groups is 1. The van der Waals surface area contributed by atoms with E-state index in [0.717, 1.165) is 30.2 Å². The highest BCUT2D eigenvalue weighted by atomic mass is 35.5. The summed E-state index contributed by atoms with van der Waals surface area (Å²) in [4.78, 5) is 16.6. The van der Waals surface area contributed by atoms with E-state index in [1.807, 2.05) is 35.2 Å². The average Bonchev–Trinajstić information content (AvgIpc) is 2.68. The Morgan fingerprint density at radius 3 is 2.33 bits per heavy atom. The van der Waals surface area contributed by atoms with Gasteiger partial charge in [-0.2, -0.15) is 0 Å². The van der Waals surface area contributed by atoms with Gasteiger partial charge in [0.15, 0.2) is 0 Å². The molecule has 3 rings (SSSR count). The SMILES string of the molecule is COc1ccc(Cl)cc1N1CCN(C(=O)Nc2ccc(C(C)C)cc2)CC1. The van der Waals surface area contributed by atoms with Crippen molar-refractivity contribution in [2.75, 3.05) is 43.5 Å². The van der Waals surface area contributed by atoms with Gasteiger partial charge in [0.2, 0.25) is 0 Å². The maximum absolute atomic E-state index is 12.6. The zero-order chi connectivity index (χ0) is 19.4. The lowest BCUT2D eigenvalue weighted by atomic mass is 10.0. The van der Waals surface area contributed by atoms with Crippen molar-refractivity contribution in [1.29, 1.82) is 0 Å². The standard InChI is InChI=1S/C21H26ClN3O2/c1-15(2)16-4-7-18(8-5-16)23-21(26)25-12-10-24(11-13-25)19-14-17(22)6-9-20(19)27-3/h4-9,14-15H,10-13H2,1-3H3,(H,23,26). The minimum Gasteiger partial charge on any atom is -0.495 e. The van der Waals surface area contributed by atoms with E-state index in [0.29, 0.717) is 24.0 Å². The van der Waals surface area contributed by atoms with Crippen LogP contribution in [-0.4, -0.2) is 44.2 Å². The van der Waals surface area contributed by atoms with Gasteiger partial charge < -0.3 is 19.9 Å². The number of piperazine rings is 1. The maximum Gasteiger partial charge on any atom is 0.321 e. The Kier molecular flexibility index (Phi) is 6.11. The fourth-order valence-electron chi connectivity index (χ4n) is 3.21. The zero-order valence-corrected chi connectivity index (χ0v) is 16.8. The molecular formula is C21H26ClN3O2. The van der Waals surface area contributed by atoms with Crippen molar-refractivity contribution in [3.8, 4) is 5.75 Å². The molecule has 1 saturated heterocycles. The molecule has 0 spiro atoms. The Bertz CT molecular complexity index is 785. The highest BCUT2D eigenvalue weighted by Crippen LogP contribution is 2.32. The molecule has 0 saturated carbocycles. The average molecular weight is 388 g/mol. The number of amides is 2. The van der Waals surface area contributed by atoms with Gasteiger partial charge in [-0.15, -0.1) is 0 Å². The van der Waals surface area contributed by atoms with E-state index in [2.05, 4.69) is 36.2 Å². The molecule has 1 N–H and O–H groups in total. The predicted octanol–water partition coefficient (Wildman–Crippen LogP) is 4.83. The van der Waals surface area contributed by atoms with Crippen LogP contribution in [0.5, 0.6) is 5.75 Å². The number of benzene rings is 2. The summed E-state index contributed by atoms with van der Waals surface area (Å²) in [7, 11) is 1.65. The largest absolute Gasteiger partial charge is 0.495 e. The van der Waals surface area contributed by atoms with Gasteiger partial charge in [-0.1, -0.05) is 37.6 Å². The molecule has 2 aromatic carbocycles. The summed E-state index contributed by atoms with van der Waals surface area (Å²) in [5.41, 5.74) is 3.05. The molecule has 2 aromatic rings. The van der Waals surface area contributed by atoms with E-state index in [9.17, 15) is 4.79 Å². The monoisotopic (exact) mass is 387 g/mol. The molecule has 0 atom stereocenters. The van der Waals surface area contributed by atoms with Crippen LogP contribution in [0.1, 0.15) is 25.3 Å². The summed E-state index contributed by atoms with van der Waals surface area (Å²) in [6.45, 7) is 7.06. The number of ether oxygens (including phenoxy) is 1. The van der Waals surface area contributed by atoms with Crippen LogP contribution in [0.2, 0.25) is 5.02 Å². The minimum atomic E-state index is -0.0648. The normalized spacial score (nSPS) is 14.4. The van der Waals surface area contributed by atoms with Crippen LogP contribution in [0.15, 0.2) is 42.5 Å². The fourth-order valence-corrected chi connectivity index (χ4v) is 3.38. The van der Waals surface area contributed by atoms with Gasteiger partial charge in [-0.3, -0.25) is 0 Å². The molecule has 2 amide bonds. The summed E-state index contributed by atoms with van der Waals surface area (Å²) in [5.74, 6) is 1.27. The Balaban J connectivity index is 1.59. The zero-order valence-electron chi connectivity index (χ0n) is 16.0. The molecule has 0 unspecified atom stereocenters. The van der Waals surface area contributed by atoms with E-state index < -0.39 is 0 Å². The summed E-state index contributed by atoms with van der Waals surface area (Å²) in [5, 5.41) is 3.66. The molecule has 0 aromatic heterocycles. The summed E-state index contributed by atoms with van der Waals surface area (Å²) >= 11 is 6.14. The van der Waals surface area contributed by atoms with Crippen molar-refractivity contribution < 1.29 is 9.53 Å². The molecule has 0 bridgehead atoms. The molecule has 0 aliphatic carbocycles. The Hall–Kier alpha value is -2.40. The van der Waals surface area contributed by atoms with E-state index in [-0.39, 0.29) is 6.03 Å². The van der Waals surface area contributed by atoms with Gasteiger partial charge in [0, 0.05) is 36.9 Å². The summed E-state index contributed by atoms with van der Waals surface area (Å²) in [6, 6.07) is 13.6. The lowest BCUT2D eigenvalue weighted by Gasteiger charge is -2.36. The third kappa shape index (κ3) is 4.66. The number of anilines is 2. The number of methoxy groups -OCH3 is 1. The maximum atomic E-state index is 12.6. The second-order valence-electron chi connectivity index (χ2n) is 7.00. The second-order valence-corrected chi connectivity index (χ2v) is 7.43. The van der Waals surface area contributed by atoms with Crippen LogP contribution in [0, 0.1) is 0 Å². The number of nitrogens with one attached hydrogen (secondary N) is 1. The van der Waals surface area contributed by atoms with Gasteiger partial charge >= 0.3 is 6.03 Å². The number of hydrogen-bond donors (Lipinski definition) is 1. The van der Waals surface area contributed by atoms with Crippen molar-refractivity contribution in [3.05, 3.63) is 53.1 Å². The van der Waals surface area contributed by atoms with Gasteiger partial charge in [-0.05, 0) is 41.8 Å². The molecule has 144 valence electrons. The molecule has 1 heterocycles. The van der Waals surface area contributed by atoms with Crippen molar-refractivity contribution in [1.82, 2.24) is 4.90 Å². The summed E-state index contributed by atoms with van der Waals surface area (Å²) in [6.07, 6.45) is 0. The number of halogens is 1. The lowest BCUT2D eigenvalue weighted by Crippen LogP contribution is -2.50. The number of nitrogens with zero attached hydrogens (tertiary/aromatic N) is 2. The van der Waals surface area contributed by atoms with E-state index in [1.165, 1.54) is 5.56 Å².